The van der Waals surface area contributed by atoms with Gasteiger partial charge in [0.1, 0.15) is 5.75 Å². The molecule has 0 aromatic carbocycles. The van der Waals surface area contributed by atoms with Crippen molar-refractivity contribution in [1.29, 1.82) is 0 Å². The van der Waals surface area contributed by atoms with Crippen molar-refractivity contribution in [3.63, 3.8) is 0 Å². The molecule has 1 amide bonds. The molecule has 2 rings (SSSR count). The Morgan fingerprint density at radius 1 is 0.969 bits per heavy atom. The number of pyridine rings is 1. The average Bonchev–Trinajstić information content (AvgIpc) is 3.20. The van der Waals surface area contributed by atoms with Gasteiger partial charge in [-0.1, -0.05) is 65.2 Å². The lowest BCUT2D eigenvalue weighted by Crippen LogP contribution is -2.32. The molecule has 2 heterocycles. The highest BCUT2D eigenvalue weighted by atomic mass is 16.5. The van der Waals surface area contributed by atoms with E-state index in [2.05, 4.69) is 23.9 Å². The van der Waals surface area contributed by atoms with E-state index in [9.17, 15) is 4.79 Å². The van der Waals surface area contributed by atoms with Crippen LogP contribution < -0.4 is 4.74 Å². The smallest absolute Gasteiger partial charge is 0.274 e. The largest absolute Gasteiger partial charge is 0.492 e. The molecule has 2 aromatic heterocycles. The SMILES string of the molecule is CCCCCCCCCCN(CC)C(=O)c1cc(-c2ccc(OCCCC)cn2)n(C)n1. The summed E-state index contributed by atoms with van der Waals surface area (Å²) in [5.41, 5.74) is 2.10. The van der Waals surface area contributed by atoms with E-state index in [0.29, 0.717) is 18.8 Å². The second-order valence-electron chi connectivity index (χ2n) is 8.48. The summed E-state index contributed by atoms with van der Waals surface area (Å²) in [5, 5.41) is 4.48. The number of aromatic nitrogens is 3. The fourth-order valence-electron chi connectivity index (χ4n) is 3.76. The summed E-state index contributed by atoms with van der Waals surface area (Å²) in [6, 6.07) is 5.69. The van der Waals surface area contributed by atoms with Crippen LogP contribution in [0.4, 0.5) is 0 Å². The van der Waals surface area contributed by atoms with E-state index in [0.717, 1.165) is 42.9 Å². The minimum atomic E-state index is -0.00295. The summed E-state index contributed by atoms with van der Waals surface area (Å²) in [6.07, 6.45) is 14.0. The van der Waals surface area contributed by atoms with Crippen molar-refractivity contribution in [2.75, 3.05) is 19.7 Å². The third kappa shape index (κ3) is 8.29. The Labute approximate surface area is 194 Å². The fraction of sp³-hybridized carbons (Fsp3) is 0.654. The van der Waals surface area contributed by atoms with Gasteiger partial charge in [0.25, 0.3) is 5.91 Å². The highest BCUT2D eigenvalue weighted by Gasteiger charge is 2.19. The van der Waals surface area contributed by atoms with Gasteiger partial charge in [0, 0.05) is 20.1 Å². The molecular weight excluding hydrogens is 400 g/mol. The first-order chi connectivity index (χ1) is 15.6. The molecule has 2 aromatic rings. The molecule has 0 radical (unpaired) electrons. The number of rotatable bonds is 16. The standard InChI is InChI=1S/C26H42N4O2/c1-5-8-10-11-12-13-14-15-18-30(7-3)26(31)24-20-25(29(4)28-24)23-17-16-22(21-27-23)32-19-9-6-2/h16-17,20-21H,5-15,18-19H2,1-4H3. The highest BCUT2D eigenvalue weighted by molar-refractivity contribution is 5.93. The first-order valence-corrected chi connectivity index (χ1v) is 12.5. The van der Waals surface area contributed by atoms with Crippen LogP contribution in [0, 0.1) is 0 Å². The summed E-state index contributed by atoms with van der Waals surface area (Å²) < 4.78 is 7.42. The number of carbonyl (C=O) groups excluding carboxylic acids is 1. The average molecular weight is 443 g/mol. The molecule has 6 heteroatoms. The van der Waals surface area contributed by atoms with E-state index in [4.69, 9.17) is 4.74 Å². The zero-order valence-corrected chi connectivity index (χ0v) is 20.6. The molecule has 0 saturated heterocycles. The van der Waals surface area contributed by atoms with Crippen LogP contribution in [-0.4, -0.2) is 45.3 Å². The molecule has 0 saturated carbocycles. The number of nitrogens with zero attached hydrogens (tertiary/aromatic N) is 4. The van der Waals surface area contributed by atoms with E-state index in [1.165, 1.54) is 44.9 Å². The Bertz CT molecular complexity index is 786. The second-order valence-corrected chi connectivity index (χ2v) is 8.48. The molecule has 0 aliphatic carbocycles. The van der Waals surface area contributed by atoms with Gasteiger partial charge in [-0.25, -0.2) is 0 Å². The van der Waals surface area contributed by atoms with Crippen LogP contribution in [0.15, 0.2) is 24.4 Å². The van der Waals surface area contributed by atoms with E-state index >= 15 is 0 Å². The summed E-state index contributed by atoms with van der Waals surface area (Å²) in [4.78, 5) is 19.4. The quantitative estimate of drug-likeness (QED) is 0.288. The highest BCUT2D eigenvalue weighted by Crippen LogP contribution is 2.21. The molecule has 0 aliphatic rings. The number of ether oxygens (including phenoxy) is 1. The maximum Gasteiger partial charge on any atom is 0.274 e. The molecule has 0 fully saturated rings. The number of unbranched alkanes of at least 4 members (excludes halogenated alkanes) is 8. The number of hydrogen-bond acceptors (Lipinski definition) is 4. The lowest BCUT2D eigenvalue weighted by molar-refractivity contribution is 0.0754. The van der Waals surface area contributed by atoms with Crippen LogP contribution in [-0.2, 0) is 7.05 Å². The predicted molar refractivity (Wildman–Crippen MR) is 131 cm³/mol. The number of hydrogen-bond donors (Lipinski definition) is 0. The van der Waals surface area contributed by atoms with Crippen molar-refractivity contribution in [3.8, 4) is 17.1 Å². The van der Waals surface area contributed by atoms with Crippen LogP contribution in [0.5, 0.6) is 5.75 Å². The molecule has 0 unspecified atom stereocenters. The topological polar surface area (TPSA) is 60.3 Å². The molecule has 0 spiro atoms. The van der Waals surface area contributed by atoms with Crippen LogP contribution >= 0.6 is 0 Å². The van der Waals surface area contributed by atoms with Gasteiger partial charge in [0.15, 0.2) is 5.69 Å². The third-order valence-electron chi connectivity index (χ3n) is 5.81. The van der Waals surface area contributed by atoms with Crippen LogP contribution in [0.1, 0.15) is 95.5 Å². The molecule has 0 aliphatic heterocycles. The van der Waals surface area contributed by atoms with Gasteiger partial charge in [-0.05, 0) is 38.0 Å². The van der Waals surface area contributed by atoms with E-state index in [1.54, 1.807) is 10.9 Å². The maximum atomic E-state index is 13.0. The van der Waals surface area contributed by atoms with Gasteiger partial charge in [-0.15, -0.1) is 0 Å². The molecule has 0 atom stereocenters. The fourth-order valence-corrected chi connectivity index (χ4v) is 3.76. The lowest BCUT2D eigenvalue weighted by atomic mass is 10.1. The minimum Gasteiger partial charge on any atom is -0.492 e. The van der Waals surface area contributed by atoms with E-state index in [-0.39, 0.29) is 5.91 Å². The molecule has 178 valence electrons. The van der Waals surface area contributed by atoms with Gasteiger partial charge in [-0.2, -0.15) is 5.10 Å². The predicted octanol–water partition coefficient (Wildman–Crippen LogP) is 6.26. The first kappa shape index (κ1) is 25.9. The summed E-state index contributed by atoms with van der Waals surface area (Å²) in [6.45, 7) is 8.61. The Hall–Kier alpha value is -2.37. The van der Waals surface area contributed by atoms with Crippen LogP contribution in [0.3, 0.4) is 0 Å². The molecule has 32 heavy (non-hydrogen) atoms. The molecule has 6 nitrogen and oxygen atoms in total. The van der Waals surface area contributed by atoms with E-state index in [1.807, 2.05) is 37.1 Å². The number of carbonyl (C=O) groups is 1. The molecular formula is C26H42N4O2. The zero-order chi connectivity index (χ0) is 23.2. The summed E-state index contributed by atoms with van der Waals surface area (Å²) >= 11 is 0. The first-order valence-electron chi connectivity index (χ1n) is 12.5. The van der Waals surface area contributed by atoms with Gasteiger partial charge in [-0.3, -0.25) is 14.5 Å². The summed E-state index contributed by atoms with van der Waals surface area (Å²) in [7, 11) is 1.86. The molecule has 0 bridgehead atoms. The van der Waals surface area contributed by atoms with Gasteiger partial charge >= 0.3 is 0 Å². The van der Waals surface area contributed by atoms with Crippen molar-refractivity contribution in [3.05, 3.63) is 30.1 Å². The minimum absolute atomic E-state index is 0.00295. The second kappa shape index (κ2) is 14.6. The maximum absolute atomic E-state index is 13.0. The summed E-state index contributed by atoms with van der Waals surface area (Å²) in [5.74, 6) is 0.764. The van der Waals surface area contributed by atoms with Gasteiger partial charge < -0.3 is 9.64 Å². The normalized spacial score (nSPS) is 11.0. The van der Waals surface area contributed by atoms with Crippen molar-refractivity contribution < 1.29 is 9.53 Å². The van der Waals surface area contributed by atoms with Gasteiger partial charge in [0.05, 0.1) is 24.2 Å². The number of aryl methyl sites for hydroxylation is 1. The zero-order valence-electron chi connectivity index (χ0n) is 20.6. The van der Waals surface area contributed by atoms with Crippen molar-refractivity contribution in [2.45, 2.75) is 85.0 Å². The molecule has 0 N–H and O–H groups in total. The van der Waals surface area contributed by atoms with Crippen molar-refractivity contribution in [1.82, 2.24) is 19.7 Å². The lowest BCUT2D eigenvalue weighted by Gasteiger charge is -2.19. The van der Waals surface area contributed by atoms with E-state index < -0.39 is 0 Å². The van der Waals surface area contributed by atoms with Gasteiger partial charge in [0.2, 0.25) is 0 Å². The number of amides is 1. The van der Waals surface area contributed by atoms with Crippen LogP contribution in [0.25, 0.3) is 11.4 Å². The van der Waals surface area contributed by atoms with Crippen LogP contribution in [0.2, 0.25) is 0 Å². The van der Waals surface area contributed by atoms with Crippen molar-refractivity contribution >= 4 is 5.91 Å². The monoisotopic (exact) mass is 442 g/mol. The van der Waals surface area contributed by atoms with Crippen molar-refractivity contribution in [2.24, 2.45) is 7.05 Å². The third-order valence-corrected chi connectivity index (χ3v) is 5.81. The Balaban J connectivity index is 1.88. The Morgan fingerprint density at radius 3 is 2.28 bits per heavy atom. The Morgan fingerprint density at radius 2 is 1.66 bits per heavy atom. The Kier molecular flexibility index (Phi) is 11.8.